The van der Waals surface area contributed by atoms with E-state index in [4.69, 9.17) is 16.3 Å². The molecule has 1 saturated carbocycles. The fraction of sp³-hybridized carbons (Fsp3) is 0.683. The average Bonchev–Trinajstić information content (AvgIpc) is 3.28. The lowest BCUT2D eigenvalue weighted by Gasteiger charge is -2.47. The standard InChI is InChI=1S/C41H60ClN5O3S2/c1-29-7-4-8-33(25-45-19-6-20-47(51-3)22-18-43-17-21-45)36-13-10-34(36)26-46-27-41(16-5-9-31-23-35(42)12-14-37(31)41)28-50-39-15-11-32(24-38(39)46)40(48)44-52(49)30(29)2/h11-12,14-15,23-24,29-30,33-34,36,43H,4-10,13,16-22,25-28H2,1-3H3,(H,44,48)/t29?,30?,33-,34?,36?,41-,52?/m0/s1. The molecule has 2 bridgehead atoms. The predicted molar refractivity (Wildman–Crippen MR) is 217 cm³/mol. The highest BCUT2D eigenvalue weighted by Gasteiger charge is 2.45. The molecule has 1 saturated heterocycles. The molecule has 11 heteroatoms. The van der Waals surface area contributed by atoms with E-state index >= 15 is 0 Å². The number of ether oxygens (including phenoxy) is 1. The van der Waals surface area contributed by atoms with Crippen LogP contribution in [0.25, 0.3) is 0 Å². The Labute approximate surface area is 324 Å². The summed E-state index contributed by atoms with van der Waals surface area (Å²) in [5.74, 6) is 2.68. The highest BCUT2D eigenvalue weighted by molar-refractivity contribution is 7.96. The molecule has 8 nitrogen and oxygen atoms in total. The number of anilines is 1. The van der Waals surface area contributed by atoms with Gasteiger partial charge in [-0.05, 0) is 136 Å². The molecule has 5 aliphatic rings. The van der Waals surface area contributed by atoms with Gasteiger partial charge < -0.3 is 19.9 Å². The summed E-state index contributed by atoms with van der Waals surface area (Å²) in [6.45, 7) is 14.3. The highest BCUT2D eigenvalue weighted by atomic mass is 35.5. The highest BCUT2D eigenvalue weighted by Crippen LogP contribution is 2.48. The summed E-state index contributed by atoms with van der Waals surface area (Å²) in [4.78, 5) is 19.0. The quantitative estimate of drug-likeness (QED) is 0.326. The van der Waals surface area contributed by atoms with Gasteiger partial charge in [-0.2, -0.15) is 0 Å². The maximum Gasteiger partial charge on any atom is 0.263 e. The summed E-state index contributed by atoms with van der Waals surface area (Å²) in [6.07, 6.45) is 12.5. The number of nitrogens with zero attached hydrogens (tertiary/aromatic N) is 3. The van der Waals surface area contributed by atoms with Crippen molar-refractivity contribution in [1.82, 2.24) is 19.2 Å². The lowest BCUT2D eigenvalue weighted by molar-refractivity contribution is 0.0678. The third-order valence-corrected chi connectivity index (χ3v) is 15.8. The molecule has 5 unspecified atom stereocenters. The SMILES string of the molecule is CSN1CCCN(C[C@@H]2CCCC(C)C(C)S(=O)NC(=O)c3ccc4c(c3)N(CC3CCC32)C[C@@]2(CCCc3cc(Cl)ccc32)CO4)CCNCC1. The summed E-state index contributed by atoms with van der Waals surface area (Å²) in [5.41, 5.74) is 4.07. The van der Waals surface area contributed by atoms with Crippen molar-refractivity contribution in [2.45, 2.75) is 82.3 Å². The number of hydrogen-bond acceptors (Lipinski definition) is 8. The Bertz CT molecular complexity index is 1580. The van der Waals surface area contributed by atoms with Gasteiger partial charge in [0.05, 0.1) is 17.5 Å². The Morgan fingerprint density at radius 2 is 1.87 bits per heavy atom. The second-order valence-corrected chi connectivity index (χ2v) is 19.3. The molecule has 1 spiro atoms. The lowest BCUT2D eigenvalue weighted by Crippen LogP contribution is -2.50. The zero-order valence-electron chi connectivity index (χ0n) is 31.5. The largest absolute Gasteiger partial charge is 0.490 e. The van der Waals surface area contributed by atoms with E-state index in [2.05, 4.69) is 49.5 Å². The van der Waals surface area contributed by atoms with E-state index in [0.717, 1.165) is 107 Å². The molecule has 52 heavy (non-hydrogen) atoms. The molecule has 2 fully saturated rings. The van der Waals surface area contributed by atoms with Crippen LogP contribution < -0.4 is 19.7 Å². The third-order valence-electron chi connectivity index (χ3n) is 13.2. The molecular weight excluding hydrogens is 710 g/mol. The molecule has 2 aromatic rings. The molecule has 3 heterocycles. The Morgan fingerprint density at radius 1 is 1.00 bits per heavy atom. The van der Waals surface area contributed by atoms with E-state index in [1.807, 2.05) is 43.1 Å². The molecule has 286 valence electrons. The van der Waals surface area contributed by atoms with Gasteiger partial charge in [0.25, 0.3) is 5.91 Å². The van der Waals surface area contributed by atoms with Gasteiger partial charge in [-0.25, -0.2) is 8.51 Å². The molecule has 7 atom stereocenters. The number of rotatable bonds is 3. The number of hydrogen-bond donors (Lipinski definition) is 2. The van der Waals surface area contributed by atoms with Crippen molar-refractivity contribution in [2.75, 3.05) is 76.7 Å². The fourth-order valence-corrected chi connectivity index (χ4v) is 11.6. The maximum atomic E-state index is 13.6. The first-order valence-electron chi connectivity index (χ1n) is 20.0. The Morgan fingerprint density at radius 3 is 2.69 bits per heavy atom. The topological polar surface area (TPSA) is 77.2 Å². The number of fused-ring (bicyclic) bond motifs is 4. The predicted octanol–water partition coefficient (Wildman–Crippen LogP) is 6.93. The number of amides is 1. The third kappa shape index (κ3) is 8.68. The Balaban J connectivity index is 1.21. The van der Waals surface area contributed by atoms with E-state index in [1.165, 1.54) is 36.8 Å². The monoisotopic (exact) mass is 769 g/mol. The van der Waals surface area contributed by atoms with Crippen molar-refractivity contribution in [1.29, 1.82) is 0 Å². The van der Waals surface area contributed by atoms with Crippen molar-refractivity contribution in [3.05, 3.63) is 58.1 Å². The molecule has 0 radical (unpaired) electrons. The van der Waals surface area contributed by atoms with E-state index < -0.39 is 11.0 Å². The molecule has 2 aromatic carbocycles. The van der Waals surface area contributed by atoms with Crippen LogP contribution in [0.15, 0.2) is 36.4 Å². The van der Waals surface area contributed by atoms with E-state index in [1.54, 1.807) is 0 Å². The summed E-state index contributed by atoms with van der Waals surface area (Å²) in [7, 11) is -1.47. The summed E-state index contributed by atoms with van der Waals surface area (Å²) < 4.78 is 25.7. The first-order chi connectivity index (χ1) is 25.2. The van der Waals surface area contributed by atoms with Crippen LogP contribution in [0, 0.1) is 23.7 Å². The van der Waals surface area contributed by atoms with Crippen molar-refractivity contribution in [2.24, 2.45) is 23.7 Å². The average molecular weight is 771 g/mol. The van der Waals surface area contributed by atoms with Crippen LogP contribution in [0.3, 0.4) is 0 Å². The summed E-state index contributed by atoms with van der Waals surface area (Å²) in [5, 5.41) is 4.38. The normalized spacial score (nSPS) is 32.8. The molecule has 2 N–H and O–H groups in total. The number of carbonyl (C=O) groups excluding carboxylic acids is 1. The second kappa shape index (κ2) is 17.3. The number of benzene rings is 2. The number of nitrogens with one attached hydrogen (secondary N) is 2. The first kappa shape index (κ1) is 38.5. The molecule has 2 aliphatic carbocycles. The van der Waals surface area contributed by atoms with Crippen LogP contribution >= 0.6 is 23.5 Å². The summed E-state index contributed by atoms with van der Waals surface area (Å²) >= 11 is 8.39. The van der Waals surface area contributed by atoms with Gasteiger partial charge in [-0.1, -0.05) is 43.0 Å². The minimum absolute atomic E-state index is 0.125. The van der Waals surface area contributed by atoms with E-state index in [0.29, 0.717) is 29.9 Å². The maximum absolute atomic E-state index is 13.6. The van der Waals surface area contributed by atoms with Crippen LogP contribution in [0.5, 0.6) is 5.75 Å². The zero-order valence-corrected chi connectivity index (χ0v) is 33.9. The van der Waals surface area contributed by atoms with Crippen LogP contribution in [0.1, 0.15) is 86.7 Å². The molecule has 3 aliphatic heterocycles. The van der Waals surface area contributed by atoms with Crippen LogP contribution in [-0.2, 0) is 22.8 Å². The minimum atomic E-state index is -1.47. The second-order valence-electron chi connectivity index (χ2n) is 16.4. The fourth-order valence-electron chi connectivity index (χ4n) is 9.77. The van der Waals surface area contributed by atoms with Crippen molar-refractivity contribution < 1.29 is 13.7 Å². The molecule has 1 amide bonds. The van der Waals surface area contributed by atoms with Gasteiger partial charge in [-0.3, -0.25) is 9.52 Å². The van der Waals surface area contributed by atoms with Gasteiger partial charge in [0.15, 0.2) is 0 Å². The number of halogens is 1. The Hall–Kier alpha value is -1.82. The van der Waals surface area contributed by atoms with Crippen molar-refractivity contribution in [3.63, 3.8) is 0 Å². The van der Waals surface area contributed by atoms with Gasteiger partial charge in [0.1, 0.15) is 16.7 Å². The van der Waals surface area contributed by atoms with Crippen LogP contribution in [0.4, 0.5) is 5.69 Å². The summed E-state index contributed by atoms with van der Waals surface area (Å²) in [6, 6.07) is 12.3. The lowest BCUT2D eigenvalue weighted by atomic mass is 9.65. The zero-order chi connectivity index (χ0) is 36.2. The first-order valence-corrected chi connectivity index (χ1v) is 22.7. The van der Waals surface area contributed by atoms with Gasteiger partial charge >= 0.3 is 0 Å². The smallest absolute Gasteiger partial charge is 0.263 e. The minimum Gasteiger partial charge on any atom is -0.490 e. The Kier molecular flexibility index (Phi) is 12.8. The number of aryl methyl sites for hydroxylation is 1. The van der Waals surface area contributed by atoms with E-state index in [-0.39, 0.29) is 22.5 Å². The molecule has 7 rings (SSSR count). The molecular formula is C41H60ClN5O3S2. The van der Waals surface area contributed by atoms with Crippen LogP contribution in [-0.4, -0.2) is 96.3 Å². The van der Waals surface area contributed by atoms with Crippen molar-refractivity contribution >= 4 is 46.1 Å². The van der Waals surface area contributed by atoms with Gasteiger partial charge in [0, 0.05) is 68.4 Å². The van der Waals surface area contributed by atoms with Gasteiger partial charge in [0.2, 0.25) is 0 Å². The molecule has 0 aromatic heterocycles. The van der Waals surface area contributed by atoms with E-state index in [9.17, 15) is 9.00 Å². The van der Waals surface area contributed by atoms with Gasteiger partial charge in [-0.15, -0.1) is 0 Å². The van der Waals surface area contributed by atoms with Crippen molar-refractivity contribution in [3.8, 4) is 5.75 Å². The number of carbonyl (C=O) groups is 1. The van der Waals surface area contributed by atoms with Crippen LogP contribution in [0.2, 0.25) is 5.02 Å².